The van der Waals surface area contributed by atoms with Crippen molar-refractivity contribution in [2.45, 2.75) is 55.6 Å². The summed E-state index contributed by atoms with van der Waals surface area (Å²) in [5.41, 5.74) is 0. The van der Waals surface area contributed by atoms with Gasteiger partial charge >= 0.3 is 0 Å². The Morgan fingerprint density at radius 2 is 2.18 bits per heavy atom. The Balaban J connectivity index is 1.62. The summed E-state index contributed by atoms with van der Waals surface area (Å²) in [5.74, 6) is 2.25. The van der Waals surface area contributed by atoms with Crippen LogP contribution in [-0.2, 0) is 4.74 Å². The Morgan fingerprint density at radius 3 is 2.82 bits per heavy atom. The topological polar surface area (TPSA) is 48.2 Å². The maximum Gasteiger partial charge on any atom is 0.239 e. The largest absolute Gasteiger partial charge is 0.377 e. The van der Waals surface area contributed by atoms with E-state index in [0.717, 1.165) is 24.7 Å². The molecule has 0 N–H and O–H groups in total. The van der Waals surface area contributed by atoms with Gasteiger partial charge in [-0.25, -0.2) is 0 Å². The molecule has 1 saturated heterocycles. The van der Waals surface area contributed by atoms with Gasteiger partial charge in [0.2, 0.25) is 5.89 Å². The van der Waals surface area contributed by atoms with Gasteiger partial charge in [-0.1, -0.05) is 5.16 Å². The molecule has 5 heteroatoms. The van der Waals surface area contributed by atoms with Crippen LogP contribution in [0.15, 0.2) is 4.52 Å². The third-order valence-corrected chi connectivity index (χ3v) is 5.01. The fourth-order valence-corrected chi connectivity index (χ4v) is 3.40. The van der Waals surface area contributed by atoms with E-state index < -0.39 is 0 Å². The predicted molar refractivity (Wildman–Crippen MR) is 66.1 cm³/mol. The van der Waals surface area contributed by atoms with E-state index in [0.29, 0.717) is 17.3 Å². The van der Waals surface area contributed by atoms with E-state index in [9.17, 15) is 0 Å². The molecule has 1 aliphatic heterocycles. The zero-order chi connectivity index (χ0) is 11.8. The molecule has 0 aromatic carbocycles. The highest BCUT2D eigenvalue weighted by Crippen LogP contribution is 2.41. The summed E-state index contributed by atoms with van der Waals surface area (Å²) in [4.78, 5) is 4.50. The van der Waals surface area contributed by atoms with Gasteiger partial charge in [0, 0.05) is 17.8 Å². The van der Waals surface area contributed by atoms with Crippen molar-refractivity contribution in [3.63, 3.8) is 0 Å². The smallest absolute Gasteiger partial charge is 0.239 e. The average Bonchev–Trinajstić information content (AvgIpc) is 2.91. The van der Waals surface area contributed by atoms with E-state index in [1.54, 1.807) is 0 Å². The summed E-state index contributed by atoms with van der Waals surface area (Å²) in [7, 11) is 0. The molecule has 3 atom stereocenters. The van der Waals surface area contributed by atoms with Crippen molar-refractivity contribution >= 4 is 11.8 Å². The fraction of sp³-hybridized carbons (Fsp3) is 0.833. The standard InChI is InChI=1S/C12H18N2O2S/c1-7-10(5-6-15-7)17-8(2)12-13-11(14-16-12)9-3-4-9/h7-10H,3-6H2,1-2H3/t7-,8-,10-/m0/s1. The van der Waals surface area contributed by atoms with Gasteiger partial charge in [-0.2, -0.15) is 4.98 Å². The molecule has 1 saturated carbocycles. The molecule has 17 heavy (non-hydrogen) atoms. The Hall–Kier alpha value is -0.550. The molecule has 2 heterocycles. The van der Waals surface area contributed by atoms with Crippen LogP contribution in [0.5, 0.6) is 0 Å². The van der Waals surface area contributed by atoms with Crippen LogP contribution in [-0.4, -0.2) is 28.1 Å². The van der Waals surface area contributed by atoms with Crippen LogP contribution in [0.1, 0.15) is 56.0 Å². The second-order valence-electron chi connectivity index (χ2n) is 4.95. The monoisotopic (exact) mass is 254 g/mol. The first-order chi connectivity index (χ1) is 8.24. The highest BCUT2D eigenvalue weighted by atomic mass is 32.2. The highest BCUT2D eigenvalue weighted by molar-refractivity contribution is 8.00. The maximum absolute atomic E-state index is 5.57. The van der Waals surface area contributed by atoms with Gasteiger partial charge < -0.3 is 9.26 Å². The first-order valence-corrected chi connectivity index (χ1v) is 7.29. The lowest BCUT2D eigenvalue weighted by molar-refractivity contribution is 0.127. The second kappa shape index (κ2) is 4.61. The first kappa shape index (κ1) is 11.5. The molecule has 3 rings (SSSR count). The number of ether oxygens (including phenoxy) is 1. The summed E-state index contributed by atoms with van der Waals surface area (Å²) in [5, 5.41) is 4.89. The SMILES string of the molecule is C[C@H](S[C@H]1CCO[C@H]1C)c1nc(C2CC2)no1. The van der Waals surface area contributed by atoms with Crippen LogP contribution in [0.4, 0.5) is 0 Å². The van der Waals surface area contributed by atoms with E-state index in [2.05, 4.69) is 24.0 Å². The quantitative estimate of drug-likeness (QED) is 0.826. The van der Waals surface area contributed by atoms with Crippen LogP contribution in [0.3, 0.4) is 0 Å². The maximum atomic E-state index is 5.57. The van der Waals surface area contributed by atoms with E-state index in [1.165, 1.54) is 12.8 Å². The molecule has 0 unspecified atom stereocenters. The number of thioether (sulfide) groups is 1. The molecule has 0 amide bonds. The van der Waals surface area contributed by atoms with Gasteiger partial charge in [0.15, 0.2) is 5.82 Å². The molecular weight excluding hydrogens is 236 g/mol. The third kappa shape index (κ3) is 2.50. The minimum absolute atomic E-state index is 0.268. The van der Waals surface area contributed by atoms with Gasteiger partial charge in [-0.05, 0) is 33.1 Å². The lowest BCUT2D eigenvalue weighted by Crippen LogP contribution is -2.14. The zero-order valence-corrected chi connectivity index (χ0v) is 11.1. The molecule has 4 nitrogen and oxygen atoms in total. The minimum Gasteiger partial charge on any atom is -0.377 e. The van der Waals surface area contributed by atoms with E-state index in [-0.39, 0.29) is 5.25 Å². The van der Waals surface area contributed by atoms with E-state index in [4.69, 9.17) is 9.26 Å². The number of aromatic nitrogens is 2. The van der Waals surface area contributed by atoms with Crippen molar-refractivity contribution in [3.05, 3.63) is 11.7 Å². The summed E-state index contributed by atoms with van der Waals surface area (Å²) in [6, 6.07) is 0. The zero-order valence-electron chi connectivity index (χ0n) is 10.3. The van der Waals surface area contributed by atoms with Gasteiger partial charge in [0.05, 0.1) is 11.4 Å². The van der Waals surface area contributed by atoms with Crippen LogP contribution < -0.4 is 0 Å². The summed E-state index contributed by atoms with van der Waals surface area (Å²) < 4.78 is 10.9. The van der Waals surface area contributed by atoms with Crippen molar-refractivity contribution in [3.8, 4) is 0 Å². The third-order valence-electron chi connectivity index (χ3n) is 3.43. The van der Waals surface area contributed by atoms with Crippen molar-refractivity contribution in [2.75, 3.05) is 6.61 Å². The number of hydrogen-bond donors (Lipinski definition) is 0. The Morgan fingerprint density at radius 1 is 1.35 bits per heavy atom. The lowest BCUT2D eigenvalue weighted by Gasteiger charge is -2.16. The predicted octanol–water partition coefficient (Wildman–Crippen LogP) is 2.92. The highest BCUT2D eigenvalue weighted by Gasteiger charge is 2.32. The van der Waals surface area contributed by atoms with Crippen LogP contribution in [0.25, 0.3) is 0 Å². The van der Waals surface area contributed by atoms with Crippen LogP contribution in [0.2, 0.25) is 0 Å². The molecule has 2 aliphatic rings. The number of hydrogen-bond acceptors (Lipinski definition) is 5. The van der Waals surface area contributed by atoms with Crippen molar-refractivity contribution in [1.82, 2.24) is 10.1 Å². The fourth-order valence-electron chi connectivity index (χ4n) is 2.13. The van der Waals surface area contributed by atoms with Crippen molar-refractivity contribution < 1.29 is 9.26 Å². The number of nitrogens with zero attached hydrogens (tertiary/aromatic N) is 2. The molecule has 94 valence electrons. The molecule has 0 spiro atoms. The van der Waals surface area contributed by atoms with E-state index >= 15 is 0 Å². The minimum atomic E-state index is 0.268. The summed E-state index contributed by atoms with van der Waals surface area (Å²) in [6.45, 7) is 5.16. The van der Waals surface area contributed by atoms with Gasteiger partial charge in [0.25, 0.3) is 0 Å². The Kier molecular flexibility index (Phi) is 3.13. The van der Waals surface area contributed by atoms with Crippen molar-refractivity contribution in [1.29, 1.82) is 0 Å². The summed E-state index contributed by atoms with van der Waals surface area (Å²) in [6.07, 6.45) is 3.90. The number of rotatable bonds is 4. The molecular formula is C12H18N2O2S. The van der Waals surface area contributed by atoms with E-state index in [1.807, 2.05) is 11.8 Å². The van der Waals surface area contributed by atoms with Crippen LogP contribution >= 0.6 is 11.8 Å². The van der Waals surface area contributed by atoms with Gasteiger partial charge in [0.1, 0.15) is 0 Å². The molecule has 0 radical (unpaired) electrons. The van der Waals surface area contributed by atoms with Gasteiger partial charge in [-0.15, -0.1) is 11.8 Å². The second-order valence-corrected chi connectivity index (χ2v) is 6.53. The Bertz CT molecular complexity index is 392. The molecule has 1 aromatic rings. The van der Waals surface area contributed by atoms with Crippen LogP contribution in [0, 0.1) is 0 Å². The first-order valence-electron chi connectivity index (χ1n) is 6.34. The average molecular weight is 254 g/mol. The molecule has 2 fully saturated rings. The lowest BCUT2D eigenvalue weighted by atomic mass is 10.3. The Labute approximate surface area is 105 Å². The normalized spacial score (nSPS) is 30.7. The van der Waals surface area contributed by atoms with Crippen molar-refractivity contribution in [2.24, 2.45) is 0 Å². The molecule has 0 bridgehead atoms. The van der Waals surface area contributed by atoms with Gasteiger partial charge in [-0.3, -0.25) is 0 Å². The summed E-state index contributed by atoms with van der Waals surface area (Å²) >= 11 is 1.89. The molecule has 1 aliphatic carbocycles. The molecule has 1 aromatic heterocycles.